The summed E-state index contributed by atoms with van der Waals surface area (Å²) in [4.78, 5) is 24.1. The van der Waals surface area contributed by atoms with Crippen LogP contribution < -0.4 is 0 Å². The summed E-state index contributed by atoms with van der Waals surface area (Å²) in [5.74, 6) is -1.86. The van der Waals surface area contributed by atoms with Crippen molar-refractivity contribution in [2.24, 2.45) is 0 Å². The number of halogens is 1. The zero-order valence-electron chi connectivity index (χ0n) is 10.9. The highest BCUT2D eigenvalue weighted by Gasteiger charge is 2.16. The number of nitrogens with zero attached hydrogens (tertiary/aromatic N) is 1. The predicted molar refractivity (Wildman–Crippen MR) is 66.3 cm³/mol. The van der Waals surface area contributed by atoms with E-state index in [0.717, 1.165) is 6.07 Å². The summed E-state index contributed by atoms with van der Waals surface area (Å²) in [6, 6.07) is 3.36. The van der Waals surface area contributed by atoms with Crippen LogP contribution in [0.25, 0.3) is 0 Å². The largest absolute Gasteiger partial charge is 0.508 e. The van der Waals surface area contributed by atoms with Gasteiger partial charge in [-0.25, -0.2) is 4.39 Å². The minimum atomic E-state index is -0.773. The standard InChI is InChI=1S/C13H16FNO4/c1-15(7-3-4-12(17)19-2)13(18)10-6-5-9(16)8-11(10)14/h5-6,8,16H,3-4,7H2,1-2H3. The van der Waals surface area contributed by atoms with Gasteiger partial charge in [0.15, 0.2) is 0 Å². The molecule has 0 radical (unpaired) electrons. The van der Waals surface area contributed by atoms with Gasteiger partial charge in [0.1, 0.15) is 11.6 Å². The molecule has 0 unspecified atom stereocenters. The third kappa shape index (κ3) is 4.24. The molecule has 1 aromatic rings. The van der Waals surface area contributed by atoms with E-state index in [1.54, 1.807) is 0 Å². The van der Waals surface area contributed by atoms with E-state index in [9.17, 15) is 14.0 Å². The van der Waals surface area contributed by atoms with Crippen LogP contribution in [0.4, 0.5) is 4.39 Å². The molecule has 0 aliphatic heterocycles. The fourth-order valence-electron chi connectivity index (χ4n) is 1.55. The second-order valence-corrected chi connectivity index (χ2v) is 4.07. The van der Waals surface area contributed by atoms with Gasteiger partial charge in [-0.2, -0.15) is 0 Å². The Morgan fingerprint density at radius 2 is 2.11 bits per heavy atom. The number of amides is 1. The Morgan fingerprint density at radius 3 is 2.68 bits per heavy atom. The quantitative estimate of drug-likeness (QED) is 0.824. The van der Waals surface area contributed by atoms with Crippen molar-refractivity contribution in [3.05, 3.63) is 29.6 Å². The van der Waals surface area contributed by atoms with Crippen LogP contribution in [-0.4, -0.2) is 42.6 Å². The van der Waals surface area contributed by atoms with Gasteiger partial charge in [-0.1, -0.05) is 0 Å². The first-order chi connectivity index (χ1) is 8.95. The molecular weight excluding hydrogens is 253 g/mol. The van der Waals surface area contributed by atoms with E-state index >= 15 is 0 Å². The summed E-state index contributed by atoms with van der Waals surface area (Å²) in [5.41, 5.74) is -0.113. The Bertz CT molecular complexity index is 476. The lowest BCUT2D eigenvalue weighted by Gasteiger charge is -2.17. The molecular formula is C13H16FNO4. The first-order valence-electron chi connectivity index (χ1n) is 5.76. The fraction of sp³-hybridized carbons (Fsp3) is 0.385. The summed E-state index contributed by atoms with van der Waals surface area (Å²) < 4.78 is 18.0. The molecule has 5 nitrogen and oxygen atoms in total. The lowest BCUT2D eigenvalue weighted by molar-refractivity contribution is -0.140. The van der Waals surface area contributed by atoms with Crippen LogP contribution in [0.1, 0.15) is 23.2 Å². The molecule has 0 saturated carbocycles. The number of esters is 1. The minimum Gasteiger partial charge on any atom is -0.508 e. The van der Waals surface area contributed by atoms with Crippen LogP contribution in [0.5, 0.6) is 5.75 Å². The molecule has 1 rings (SSSR count). The molecule has 0 atom stereocenters. The highest BCUT2D eigenvalue weighted by molar-refractivity contribution is 5.94. The van der Waals surface area contributed by atoms with Gasteiger partial charge < -0.3 is 14.7 Å². The third-order valence-corrected chi connectivity index (χ3v) is 2.63. The van der Waals surface area contributed by atoms with Gasteiger partial charge in [-0.3, -0.25) is 9.59 Å². The van der Waals surface area contributed by atoms with Crippen molar-refractivity contribution >= 4 is 11.9 Å². The van der Waals surface area contributed by atoms with Crippen molar-refractivity contribution in [2.75, 3.05) is 20.7 Å². The second kappa shape index (κ2) is 6.72. The smallest absolute Gasteiger partial charge is 0.305 e. The van der Waals surface area contributed by atoms with Crippen molar-refractivity contribution in [1.82, 2.24) is 4.90 Å². The Morgan fingerprint density at radius 1 is 1.42 bits per heavy atom. The van der Waals surface area contributed by atoms with E-state index in [-0.39, 0.29) is 23.7 Å². The van der Waals surface area contributed by atoms with E-state index < -0.39 is 11.7 Å². The number of benzene rings is 1. The van der Waals surface area contributed by atoms with Crippen LogP contribution in [0.2, 0.25) is 0 Å². The molecule has 1 N–H and O–H groups in total. The van der Waals surface area contributed by atoms with Gasteiger partial charge >= 0.3 is 5.97 Å². The maximum absolute atomic E-state index is 13.5. The van der Waals surface area contributed by atoms with Crippen LogP contribution in [0.15, 0.2) is 18.2 Å². The molecule has 0 spiro atoms. The first-order valence-corrected chi connectivity index (χ1v) is 5.76. The van der Waals surface area contributed by atoms with E-state index in [1.807, 2.05) is 0 Å². The normalized spacial score (nSPS) is 10.1. The number of rotatable bonds is 5. The van der Waals surface area contributed by atoms with Crippen molar-refractivity contribution in [3.63, 3.8) is 0 Å². The number of carbonyl (C=O) groups excluding carboxylic acids is 2. The Hall–Kier alpha value is -2.11. The topological polar surface area (TPSA) is 66.8 Å². The lowest BCUT2D eigenvalue weighted by Crippen LogP contribution is -2.28. The SMILES string of the molecule is COC(=O)CCCN(C)C(=O)c1ccc(O)cc1F. The number of carbonyl (C=O) groups is 2. The molecule has 0 fully saturated rings. The second-order valence-electron chi connectivity index (χ2n) is 4.07. The number of phenols is 1. The number of methoxy groups -OCH3 is 1. The zero-order valence-corrected chi connectivity index (χ0v) is 10.9. The van der Waals surface area contributed by atoms with Crippen LogP contribution >= 0.6 is 0 Å². The molecule has 0 heterocycles. The molecule has 1 amide bonds. The summed E-state index contributed by atoms with van der Waals surface area (Å²) in [6.07, 6.45) is 0.640. The highest BCUT2D eigenvalue weighted by Crippen LogP contribution is 2.16. The van der Waals surface area contributed by atoms with Gasteiger partial charge in [0.25, 0.3) is 5.91 Å². The summed E-state index contributed by atoms with van der Waals surface area (Å²) in [5, 5.41) is 9.07. The number of hydrogen-bond acceptors (Lipinski definition) is 4. The van der Waals surface area contributed by atoms with E-state index in [4.69, 9.17) is 5.11 Å². The number of phenolic OH excluding ortho intramolecular Hbond substituents is 1. The van der Waals surface area contributed by atoms with Crippen LogP contribution in [0.3, 0.4) is 0 Å². The molecule has 0 aromatic heterocycles. The van der Waals surface area contributed by atoms with E-state index in [1.165, 1.54) is 31.2 Å². The summed E-state index contributed by atoms with van der Waals surface area (Å²) >= 11 is 0. The Kier molecular flexibility index (Phi) is 5.29. The molecule has 0 aliphatic rings. The molecule has 0 aliphatic carbocycles. The predicted octanol–water partition coefficient (Wildman–Crippen LogP) is 1.56. The number of aromatic hydroxyl groups is 1. The van der Waals surface area contributed by atoms with Gasteiger partial charge in [-0.15, -0.1) is 0 Å². The fourth-order valence-corrected chi connectivity index (χ4v) is 1.55. The van der Waals surface area contributed by atoms with Gasteiger partial charge in [0, 0.05) is 26.1 Å². The van der Waals surface area contributed by atoms with Crippen LogP contribution in [0, 0.1) is 5.82 Å². The average Bonchev–Trinajstić information content (AvgIpc) is 2.37. The van der Waals surface area contributed by atoms with E-state index in [0.29, 0.717) is 13.0 Å². The van der Waals surface area contributed by atoms with Gasteiger partial charge in [0.05, 0.1) is 12.7 Å². The lowest BCUT2D eigenvalue weighted by atomic mass is 10.1. The monoisotopic (exact) mass is 269 g/mol. The van der Waals surface area contributed by atoms with Crippen molar-refractivity contribution in [2.45, 2.75) is 12.8 Å². The third-order valence-electron chi connectivity index (χ3n) is 2.63. The molecule has 104 valence electrons. The Labute approximate surface area is 110 Å². The molecule has 6 heteroatoms. The molecule has 19 heavy (non-hydrogen) atoms. The maximum atomic E-state index is 13.5. The van der Waals surface area contributed by atoms with Gasteiger partial charge in [0.2, 0.25) is 0 Å². The van der Waals surface area contributed by atoms with Crippen molar-refractivity contribution in [1.29, 1.82) is 0 Å². The molecule has 1 aromatic carbocycles. The molecule has 0 bridgehead atoms. The van der Waals surface area contributed by atoms with Crippen molar-refractivity contribution in [3.8, 4) is 5.75 Å². The minimum absolute atomic E-state index is 0.113. The first kappa shape index (κ1) is 14.9. The maximum Gasteiger partial charge on any atom is 0.305 e. The summed E-state index contributed by atoms with van der Waals surface area (Å²) in [6.45, 7) is 0.314. The van der Waals surface area contributed by atoms with Crippen LogP contribution in [-0.2, 0) is 9.53 Å². The Balaban J connectivity index is 2.59. The highest BCUT2D eigenvalue weighted by atomic mass is 19.1. The van der Waals surface area contributed by atoms with Gasteiger partial charge in [-0.05, 0) is 18.6 Å². The number of ether oxygens (including phenoxy) is 1. The molecule has 0 saturated heterocycles. The summed E-state index contributed by atoms with van der Waals surface area (Å²) in [7, 11) is 2.81. The van der Waals surface area contributed by atoms with Crippen molar-refractivity contribution < 1.29 is 23.8 Å². The average molecular weight is 269 g/mol. The van der Waals surface area contributed by atoms with E-state index in [2.05, 4.69) is 4.74 Å². The zero-order chi connectivity index (χ0) is 14.4. The number of hydrogen-bond donors (Lipinski definition) is 1.